The lowest BCUT2D eigenvalue weighted by Crippen LogP contribution is -2.12. The van der Waals surface area contributed by atoms with Gasteiger partial charge in [-0.2, -0.15) is 0 Å². The van der Waals surface area contributed by atoms with Crippen molar-refractivity contribution in [3.05, 3.63) is 71.7 Å². The fourth-order valence-corrected chi connectivity index (χ4v) is 3.29. The zero-order chi connectivity index (χ0) is 15.6. The lowest BCUT2D eigenvalue weighted by molar-refractivity contribution is 0.414. The summed E-state index contributed by atoms with van der Waals surface area (Å²) in [5.41, 5.74) is 3.56. The number of rotatable bonds is 3. The van der Waals surface area contributed by atoms with E-state index in [2.05, 4.69) is 29.2 Å². The van der Waals surface area contributed by atoms with Crippen molar-refractivity contribution in [1.29, 1.82) is 0 Å². The summed E-state index contributed by atoms with van der Waals surface area (Å²) in [6, 6.07) is 16.3. The number of hydrogen-bond acceptors (Lipinski definition) is 3. The highest BCUT2D eigenvalue weighted by molar-refractivity contribution is 5.61. The minimum Gasteiger partial charge on any atom is -0.497 e. The average molecular weight is 305 g/mol. The molecule has 0 aliphatic heterocycles. The third kappa shape index (κ3) is 2.74. The van der Waals surface area contributed by atoms with Gasteiger partial charge >= 0.3 is 0 Å². The molecule has 0 saturated carbocycles. The van der Waals surface area contributed by atoms with Crippen LogP contribution in [-0.4, -0.2) is 12.1 Å². The maximum absolute atomic E-state index is 6.16. The number of nitrogens with zero attached hydrogens (tertiary/aromatic N) is 1. The highest BCUT2D eigenvalue weighted by atomic mass is 16.5. The van der Waals surface area contributed by atoms with Crippen molar-refractivity contribution in [3.63, 3.8) is 0 Å². The van der Waals surface area contributed by atoms with Crippen molar-refractivity contribution in [2.45, 2.75) is 25.2 Å². The second-order valence-corrected chi connectivity index (χ2v) is 5.99. The van der Waals surface area contributed by atoms with Gasteiger partial charge in [-0.25, -0.2) is 0 Å². The standard InChI is InChI=1S/C20H19NO2/c1-22-17-6-4-5-15(11-17)20-13-16-9-8-14(12-19(16)23-20)18-7-2-3-10-21-18/h2-7,10-11,13-14H,8-9,12H2,1H3. The van der Waals surface area contributed by atoms with Gasteiger partial charge in [0, 0.05) is 29.8 Å². The van der Waals surface area contributed by atoms with Crippen molar-refractivity contribution in [2.75, 3.05) is 7.11 Å². The molecule has 3 heteroatoms. The number of methoxy groups -OCH3 is 1. The Morgan fingerprint density at radius 2 is 2.09 bits per heavy atom. The topological polar surface area (TPSA) is 35.3 Å². The molecule has 2 heterocycles. The molecule has 0 spiro atoms. The lowest BCUT2D eigenvalue weighted by Gasteiger charge is -2.20. The van der Waals surface area contributed by atoms with Gasteiger partial charge in [0.15, 0.2) is 0 Å². The van der Waals surface area contributed by atoms with Gasteiger partial charge in [0.2, 0.25) is 0 Å². The third-order valence-electron chi connectivity index (χ3n) is 4.55. The number of fused-ring (bicyclic) bond motifs is 1. The SMILES string of the molecule is COc1cccc(-c2cc3c(o2)CC(c2ccccn2)CC3)c1. The molecule has 0 bridgehead atoms. The Morgan fingerprint density at radius 3 is 2.91 bits per heavy atom. The maximum Gasteiger partial charge on any atom is 0.134 e. The van der Waals surface area contributed by atoms with Crippen LogP contribution in [0.1, 0.15) is 29.4 Å². The molecule has 2 aromatic heterocycles. The van der Waals surface area contributed by atoms with Crippen molar-refractivity contribution in [2.24, 2.45) is 0 Å². The molecule has 1 aliphatic carbocycles. The molecule has 0 amide bonds. The lowest BCUT2D eigenvalue weighted by atomic mass is 9.86. The second kappa shape index (κ2) is 5.92. The molecule has 1 atom stereocenters. The highest BCUT2D eigenvalue weighted by Gasteiger charge is 2.25. The normalized spacial score (nSPS) is 16.8. The maximum atomic E-state index is 6.16. The van der Waals surface area contributed by atoms with Crippen LogP contribution in [0, 0.1) is 0 Å². The van der Waals surface area contributed by atoms with Crippen LogP contribution in [0.15, 0.2) is 59.1 Å². The molecule has 23 heavy (non-hydrogen) atoms. The summed E-state index contributed by atoms with van der Waals surface area (Å²) in [4.78, 5) is 4.50. The molecule has 1 aromatic carbocycles. The minimum atomic E-state index is 0.452. The Balaban J connectivity index is 1.62. The molecule has 4 rings (SSSR count). The monoisotopic (exact) mass is 305 g/mol. The van der Waals surface area contributed by atoms with Crippen molar-refractivity contribution in [1.82, 2.24) is 4.98 Å². The molecule has 3 nitrogen and oxygen atoms in total. The van der Waals surface area contributed by atoms with Crippen LogP contribution in [-0.2, 0) is 12.8 Å². The van der Waals surface area contributed by atoms with Gasteiger partial charge in [0.05, 0.1) is 7.11 Å². The van der Waals surface area contributed by atoms with Crippen molar-refractivity contribution >= 4 is 0 Å². The van der Waals surface area contributed by atoms with Gasteiger partial charge in [-0.3, -0.25) is 4.98 Å². The summed E-state index contributed by atoms with van der Waals surface area (Å²) >= 11 is 0. The molecule has 0 saturated heterocycles. The van der Waals surface area contributed by atoms with E-state index in [0.29, 0.717) is 5.92 Å². The van der Waals surface area contributed by atoms with E-state index in [0.717, 1.165) is 47.8 Å². The molecular weight excluding hydrogens is 286 g/mol. The molecule has 3 aromatic rings. The molecule has 0 N–H and O–H groups in total. The number of hydrogen-bond donors (Lipinski definition) is 0. The molecule has 0 radical (unpaired) electrons. The summed E-state index contributed by atoms with van der Waals surface area (Å²) in [6.45, 7) is 0. The van der Waals surface area contributed by atoms with Gasteiger partial charge in [-0.15, -0.1) is 0 Å². The largest absolute Gasteiger partial charge is 0.497 e. The predicted octanol–water partition coefficient (Wildman–Crippen LogP) is 4.62. The summed E-state index contributed by atoms with van der Waals surface area (Å²) < 4.78 is 11.5. The summed E-state index contributed by atoms with van der Waals surface area (Å²) in [7, 11) is 1.68. The number of ether oxygens (including phenoxy) is 1. The van der Waals surface area contributed by atoms with E-state index in [1.807, 2.05) is 30.5 Å². The van der Waals surface area contributed by atoms with Crippen LogP contribution in [0.4, 0.5) is 0 Å². The van der Waals surface area contributed by atoms with Gasteiger partial charge in [-0.1, -0.05) is 18.2 Å². The molecule has 1 aliphatic rings. The first kappa shape index (κ1) is 14.1. The van der Waals surface area contributed by atoms with Gasteiger partial charge in [0.1, 0.15) is 17.3 Å². The summed E-state index contributed by atoms with van der Waals surface area (Å²) in [6.07, 6.45) is 4.97. The Hall–Kier alpha value is -2.55. The molecule has 0 fully saturated rings. The van der Waals surface area contributed by atoms with Crippen LogP contribution in [0.3, 0.4) is 0 Å². The van der Waals surface area contributed by atoms with Crippen LogP contribution in [0.2, 0.25) is 0 Å². The Bertz CT molecular complexity index is 808. The highest BCUT2D eigenvalue weighted by Crippen LogP contribution is 2.36. The fraction of sp³-hybridized carbons (Fsp3) is 0.250. The molecular formula is C20H19NO2. The average Bonchev–Trinajstić information content (AvgIpc) is 3.06. The first-order chi connectivity index (χ1) is 11.3. The van der Waals surface area contributed by atoms with E-state index in [-0.39, 0.29) is 0 Å². The quantitative estimate of drug-likeness (QED) is 0.708. The van der Waals surface area contributed by atoms with E-state index >= 15 is 0 Å². The third-order valence-corrected chi connectivity index (χ3v) is 4.55. The number of pyridine rings is 1. The van der Waals surface area contributed by atoms with E-state index in [9.17, 15) is 0 Å². The van der Waals surface area contributed by atoms with Crippen molar-refractivity contribution < 1.29 is 9.15 Å². The van der Waals surface area contributed by atoms with Crippen LogP contribution < -0.4 is 4.74 Å². The van der Waals surface area contributed by atoms with E-state index < -0.39 is 0 Å². The van der Waals surface area contributed by atoms with Gasteiger partial charge in [0.25, 0.3) is 0 Å². The Morgan fingerprint density at radius 1 is 1.13 bits per heavy atom. The van der Waals surface area contributed by atoms with Crippen molar-refractivity contribution in [3.8, 4) is 17.1 Å². The van der Waals surface area contributed by atoms with Crippen LogP contribution >= 0.6 is 0 Å². The zero-order valence-corrected chi connectivity index (χ0v) is 13.2. The Kier molecular flexibility index (Phi) is 3.62. The zero-order valence-electron chi connectivity index (χ0n) is 13.2. The summed E-state index contributed by atoms with van der Waals surface area (Å²) in [5, 5.41) is 0. The molecule has 1 unspecified atom stereocenters. The molecule has 116 valence electrons. The van der Waals surface area contributed by atoms with Gasteiger partial charge in [-0.05, 0) is 48.7 Å². The smallest absolute Gasteiger partial charge is 0.134 e. The van der Waals surface area contributed by atoms with Crippen LogP contribution in [0.25, 0.3) is 11.3 Å². The first-order valence-electron chi connectivity index (χ1n) is 8.00. The fourth-order valence-electron chi connectivity index (χ4n) is 3.29. The number of benzene rings is 1. The minimum absolute atomic E-state index is 0.452. The number of furan rings is 1. The predicted molar refractivity (Wildman–Crippen MR) is 89.7 cm³/mol. The van der Waals surface area contributed by atoms with E-state index in [1.165, 1.54) is 5.56 Å². The van der Waals surface area contributed by atoms with Crippen LogP contribution in [0.5, 0.6) is 5.75 Å². The van der Waals surface area contributed by atoms with E-state index in [1.54, 1.807) is 7.11 Å². The summed E-state index contributed by atoms with van der Waals surface area (Å²) in [5.74, 6) is 3.33. The number of aromatic nitrogens is 1. The van der Waals surface area contributed by atoms with E-state index in [4.69, 9.17) is 9.15 Å². The van der Waals surface area contributed by atoms with Gasteiger partial charge < -0.3 is 9.15 Å². The number of aryl methyl sites for hydroxylation is 1. The first-order valence-corrected chi connectivity index (χ1v) is 8.00. The second-order valence-electron chi connectivity index (χ2n) is 5.99. The Labute approximate surface area is 135 Å².